The predicted octanol–water partition coefficient (Wildman–Crippen LogP) is 3.05. The van der Waals surface area contributed by atoms with Crippen molar-refractivity contribution in [3.8, 4) is 0 Å². The quantitative estimate of drug-likeness (QED) is 0.883. The zero-order valence-corrected chi connectivity index (χ0v) is 11.1. The van der Waals surface area contributed by atoms with Crippen molar-refractivity contribution < 1.29 is 14.0 Å². The summed E-state index contributed by atoms with van der Waals surface area (Å²) in [6.07, 6.45) is 1.89. The van der Waals surface area contributed by atoms with Gasteiger partial charge in [-0.15, -0.1) is 0 Å². The Labute approximate surface area is 116 Å². The van der Waals surface area contributed by atoms with Crippen molar-refractivity contribution in [1.29, 1.82) is 0 Å². The Bertz CT molecular complexity index is 629. The number of nitrogens with zero attached hydrogens (tertiary/aromatic N) is 1. The van der Waals surface area contributed by atoms with Gasteiger partial charge in [0.15, 0.2) is 6.29 Å². The first-order valence-corrected chi connectivity index (χ1v) is 6.07. The maximum absolute atomic E-state index is 13.1. The van der Waals surface area contributed by atoms with Crippen molar-refractivity contribution >= 4 is 33.8 Å². The fourth-order valence-corrected chi connectivity index (χ4v) is 1.65. The molecule has 6 heteroatoms. The normalized spacial score (nSPS) is 10.0. The third kappa shape index (κ3) is 3.23. The van der Waals surface area contributed by atoms with Crippen LogP contribution in [0.25, 0.3) is 0 Å². The van der Waals surface area contributed by atoms with Crippen LogP contribution in [0, 0.1) is 5.82 Å². The van der Waals surface area contributed by atoms with E-state index in [1.54, 1.807) is 12.1 Å². The van der Waals surface area contributed by atoms with Crippen molar-refractivity contribution in [2.45, 2.75) is 0 Å². The van der Waals surface area contributed by atoms with E-state index in [9.17, 15) is 14.0 Å². The topological polar surface area (TPSA) is 59.1 Å². The number of nitrogens with one attached hydrogen (secondary N) is 1. The molecule has 0 bridgehead atoms. The molecule has 0 aliphatic carbocycles. The van der Waals surface area contributed by atoms with Gasteiger partial charge in [0.2, 0.25) is 0 Å². The number of aldehydes is 1. The van der Waals surface area contributed by atoms with Gasteiger partial charge in [-0.3, -0.25) is 9.59 Å². The van der Waals surface area contributed by atoms with E-state index in [0.29, 0.717) is 12.0 Å². The molecule has 4 nitrogen and oxygen atoms in total. The molecule has 1 amide bonds. The van der Waals surface area contributed by atoms with Crippen LogP contribution in [0.15, 0.2) is 41.0 Å². The maximum atomic E-state index is 13.1. The molecule has 1 N–H and O–H groups in total. The molecule has 19 heavy (non-hydrogen) atoms. The molecular weight excluding hydrogens is 315 g/mol. The van der Waals surface area contributed by atoms with Crippen molar-refractivity contribution in [3.63, 3.8) is 0 Å². The Balaban J connectivity index is 2.19. The van der Waals surface area contributed by atoms with Crippen LogP contribution in [0.3, 0.4) is 0 Å². The van der Waals surface area contributed by atoms with Gasteiger partial charge in [-0.25, -0.2) is 9.37 Å². The summed E-state index contributed by atoms with van der Waals surface area (Å²) in [5, 5.41) is 2.54. The third-order valence-corrected chi connectivity index (χ3v) is 2.81. The molecule has 0 fully saturated rings. The largest absolute Gasteiger partial charge is 0.321 e. The molecular formula is C13H8BrFN2O2. The van der Waals surface area contributed by atoms with Crippen LogP contribution in [-0.4, -0.2) is 17.2 Å². The molecule has 0 saturated heterocycles. The summed E-state index contributed by atoms with van der Waals surface area (Å²) < 4.78 is 13.9. The minimum absolute atomic E-state index is 0.110. The first kappa shape index (κ1) is 13.4. The Morgan fingerprint density at radius 2 is 2.11 bits per heavy atom. The number of rotatable bonds is 3. The summed E-state index contributed by atoms with van der Waals surface area (Å²) in [6.45, 7) is 0. The first-order chi connectivity index (χ1) is 9.10. The van der Waals surface area contributed by atoms with Gasteiger partial charge >= 0.3 is 0 Å². The van der Waals surface area contributed by atoms with Crippen LogP contribution in [0.2, 0.25) is 0 Å². The third-order valence-electron chi connectivity index (χ3n) is 2.34. The van der Waals surface area contributed by atoms with Gasteiger partial charge < -0.3 is 5.32 Å². The van der Waals surface area contributed by atoms with Crippen LogP contribution < -0.4 is 5.32 Å². The summed E-state index contributed by atoms with van der Waals surface area (Å²) in [5.74, 6) is -1.06. The Morgan fingerprint density at radius 3 is 2.74 bits per heavy atom. The number of carbonyl (C=O) groups excluding carboxylic acids is 2. The summed E-state index contributed by atoms with van der Waals surface area (Å²) in [6, 6.07) is 6.99. The molecule has 1 aromatic carbocycles. The molecule has 0 saturated carbocycles. The fourth-order valence-electron chi connectivity index (χ4n) is 1.42. The maximum Gasteiger partial charge on any atom is 0.274 e. The molecule has 0 aliphatic rings. The lowest BCUT2D eigenvalue weighted by atomic mass is 10.2. The minimum atomic E-state index is -0.630. The van der Waals surface area contributed by atoms with E-state index in [-0.39, 0.29) is 11.3 Å². The Hall–Kier alpha value is -2.08. The van der Waals surface area contributed by atoms with Crippen LogP contribution in [0.5, 0.6) is 0 Å². The second kappa shape index (κ2) is 5.71. The highest BCUT2D eigenvalue weighted by Gasteiger charge is 2.09. The lowest BCUT2D eigenvalue weighted by molar-refractivity contribution is 0.102. The summed E-state index contributed by atoms with van der Waals surface area (Å²) in [4.78, 5) is 26.4. The standard InChI is InChI=1S/C13H8BrFN2O2/c14-9-1-4-12(16-6-9)13(19)17-10-2-3-11(15)8(5-10)7-18/h1-7H,(H,17,19). The minimum Gasteiger partial charge on any atom is -0.321 e. The smallest absolute Gasteiger partial charge is 0.274 e. The van der Waals surface area contributed by atoms with Gasteiger partial charge in [0, 0.05) is 16.4 Å². The Morgan fingerprint density at radius 1 is 1.32 bits per heavy atom. The summed E-state index contributed by atoms with van der Waals surface area (Å²) >= 11 is 3.21. The lowest BCUT2D eigenvalue weighted by Gasteiger charge is -2.05. The van der Waals surface area contributed by atoms with E-state index >= 15 is 0 Å². The number of amides is 1. The van der Waals surface area contributed by atoms with E-state index in [4.69, 9.17) is 0 Å². The fraction of sp³-hybridized carbons (Fsp3) is 0. The number of hydrogen-bond acceptors (Lipinski definition) is 3. The highest BCUT2D eigenvalue weighted by Crippen LogP contribution is 2.14. The molecule has 0 spiro atoms. The number of aromatic nitrogens is 1. The lowest BCUT2D eigenvalue weighted by Crippen LogP contribution is -2.13. The molecule has 0 radical (unpaired) electrons. The number of anilines is 1. The summed E-state index contributed by atoms with van der Waals surface area (Å²) in [7, 11) is 0. The van der Waals surface area contributed by atoms with Crippen LogP contribution in [0.1, 0.15) is 20.8 Å². The number of halogens is 2. The van der Waals surface area contributed by atoms with Gasteiger partial charge in [-0.2, -0.15) is 0 Å². The van der Waals surface area contributed by atoms with Crippen LogP contribution >= 0.6 is 15.9 Å². The van der Waals surface area contributed by atoms with Crippen molar-refractivity contribution in [1.82, 2.24) is 4.98 Å². The molecule has 96 valence electrons. The van der Waals surface area contributed by atoms with E-state index < -0.39 is 11.7 Å². The molecule has 2 rings (SSSR count). The summed E-state index contributed by atoms with van der Waals surface area (Å²) in [5.41, 5.74) is 0.444. The highest BCUT2D eigenvalue weighted by atomic mass is 79.9. The highest BCUT2D eigenvalue weighted by molar-refractivity contribution is 9.10. The number of carbonyl (C=O) groups is 2. The molecule has 0 atom stereocenters. The molecule has 0 unspecified atom stereocenters. The zero-order valence-electron chi connectivity index (χ0n) is 9.56. The molecule has 0 aliphatic heterocycles. The monoisotopic (exact) mass is 322 g/mol. The SMILES string of the molecule is O=Cc1cc(NC(=O)c2ccc(Br)cn2)ccc1F. The van der Waals surface area contributed by atoms with Crippen LogP contribution in [-0.2, 0) is 0 Å². The van der Waals surface area contributed by atoms with Gasteiger partial charge in [0.05, 0.1) is 5.56 Å². The van der Waals surface area contributed by atoms with E-state index in [1.165, 1.54) is 18.3 Å². The van der Waals surface area contributed by atoms with Crippen molar-refractivity contribution in [2.75, 3.05) is 5.32 Å². The molecule has 1 heterocycles. The zero-order chi connectivity index (χ0) is 13.8. The van der Waals surface area contributed by atoms with E-state index in [1.807, 2.05) is 0 Å². The van der Waals surface area contributed by atoms with Crippen molar-refractivity contribution in [3.05, 3.63) is 58.1 Å². The number of hydrogen-bond donors (Lipinski definition) is 1. The van der Waals surface area contributed by atoms with Gasteiger partial charge in [0.1, 0.15) is 11.5 Å². The first-order valence-electron chi connectivity index (χ1n) is 5.28. The predicted molar refractivity (Wildman–Crippen MR) is 71.7 cm³/mol. The van der Waals surface area contributed by atoms with Crippen molar-refractivity contribution in [2.24, 2.45) is 0 Å². The second-order valence-corrected chi connectivity index (χ2v) is 4.59. The van der Waals surface area contributed by atoms with Gasteiger partial charge in [-0.05, 0) is 46.3 Å². The van der Waals surface area contributed by atoms with Gasteiger partial charge in [0.25, 0.3) is 5.91 Å². The molecule has 2 aromatic rings. The average Bonchev–Trinajstić information content (AvgIpc) is 2.41. The second-order valence-electron chi connectivity index (χ2n) is 3.67. The average molecular weight is 323 g/mol. The number of pyridine rings is 1. The number of benzene rings is 1. The van der Waals surface area contributed by atoms with Crippen LogP contribution in [0.4, 0.5) is 10.1 Å². The molecule has 1 aromatic heterocycles. The van der Waals surface area contributed by atoms with E-state index in [2.05, 4.69) is 26.2 Å². The Kier molecular flexibility index (Phi) is 4.01. The van der Waals surface area contributed by atoms with E-state index in [0.717, 1.165) is 10.5 Å². The van der Waals surface area contributed by atoms with Gasteiger partial charge in [-0.1, -0.05) is 0 Å².